The fourth-order valence-corrected chi connectivity index (χ4v) is 4.92. The van der Waals surface area contributed by atoms with Crippen LogP contribution in [0.15, 0.2) is 83.3 Å². The number of ether oxygens (including phenoxy) is 2. The fourth-order valence-electron chi connectivity index (χ4n) is 3.82. The topological polar surface area (TPSA) is 65.7 Å². The minimum Gasteiger partial charge on any atom is -0.453 e. The van der Waals surface area contributed by atoms with E-state index in [-0.39, 0.29) is 28.8 Å². The summed E-state index contributed by atoms with van der Waals surface area (Å²) in [7, 11) is 1.48. The number of furan rings is 1. The molecule has 0 atom stereocenters. The van der Waals surface area contributed by atoms with Crippen LogP contribution >= 0.6 is 11.3 Å². The van der Waals surface area contributed by atoms with Crippen molar-refractivity contribution in [3.63, 3.8) is 0 Å². The van der Waals surface area contributed by atoms with Gasteiger partial charge in [0.15, 0.2) is 5.76 Å². The third-order valence-electron chi connectivity index (χ3n) is 5.44. The Balaban J connectivity index is 1.42. The predicted octanol–water partition coefficient (Wildman–Crippen LogP) is 7.05. The van der Waals surface area contributed by atoms with E-state index >= 15 is 0 Å². The second-order valence-corrected chi connectivity index (χ2v) is 8.78. The number of halogens is 1. The van der Waals surface area contributed by atoms with Crippen LogP contribution in [-0.2, 0) is 11.3 Å². The normalized spacial score (nSPS) is 11.5. The predicted molar refractivity (Wildman–Crippen MR) is 133 cm³/mol. The zero-order chi connectivity index (χ0) is 24.4. The van der Waals surface area contributed by atoms with Crippen molar-refractivity contribution in [2.24, 2.45) is 0 Å². The molecule has 35 heavy (non-hydrogen) atoms. The number of hydrogen-bond donors (Lipinski definition) is 0. The molecule has 0 saturated carbocycles. The van der Waals surface area contributed by atoms with E-state index in [1.807, 2.05) is 18.2 Å². The molecule has 0 N–H and O–H groups in total. The minimum atomic E-state index is -0.623. The average Bonchev–Trinajstić information content (AvgIpc) is 3.46. The molecule has 5 aromatic rings. The van der Waals surface area contributed by atoms with Crippen LogP contribution in [-0.4, -0.2) is 18.9 Å². The molecule has 5 rings (SSSR count). The van der Waals surface area contributed by atoms with E-state index in [1.165, 1.54) is 19.3 Å². The molecule has 0 aliphatic heterocycles. The molecule has 2 heterocycles. The van der Waals surface area contributed by atoms with Crippen molar-refractivity contribution in [1.82, 2.24) is 0 Å². The van der Waals surface area contributed by atoms with Gasteiger partial charge in [-0.05, 0) is 42.5 Å². The van der Waals surface area contributed by atoms with E-state index < -0.39 is 11.8 Å². The van der Waals surface area contributed by atoms with Gasteiger partial charge in [-0.25, -0.2) is 9.18 Å². The molecule has 0 radical (unpaired) electrons. The maximum atomic E-state index is 14.5. The van der Waals surface area contributed by atoms with E-state index in [9.17, 15) is 14.0 Å². The molecule has 0 unspecified atom stereocenters. The number of ketones is 1. The highest BCUT2D eigenvalue weighted by Crippen LogP contribution is 2.35. The first-order valence-electron chi connectivity index (χ1n) is 10.8. The summed E-state index contributed by atoms with van der Waals surface area (Å²) >= 11 is 1.15. The summed E-state index contributed by atoms with van der Waals surface area (Å²) in [6.07, 6.45) is 2.94. The summed E-state index contributed by atoms with van der Waals surface area (Å²) in [6, 6.07) is 20.6. The number of rotatable bonds is 7. The smallest absolute Gasteiger partial charge is 0.354 e. The Labute approximate surface area is 204 Å². The SMILES string of the molecule is COCc1c(C(=O)Oc2ccccc2C=CC(=O)c2cc3ccccc3o2)sc2cccc(F)c12. The first-order valence-corrected chi connectivity index (χ1v) is 11.6. The van der Waals surface area contributed by atoms with Crippen molar-refractivity contribution in [3.8, 4) is 5.75 Å². The summed E-state index contributed by atoms with van der Waals surface area (Å²) in [4.78, 5) is 26.0. The summed E-state index contributed by atoms with van der Waals surface area (Å²) in [5.74, 6) is -0.870. The molecule has 0 bridgehead atoms. The molecule has 0 aliphatic rings. The van der Waals surface area contributed by atoms with Crippen LogP contribution in [0.5, 0.6) is 5.75 Å². The van der Waals surface area contributed by atoms with Crippen LogP contribution in [0.4, 0.5) is 4.39 Å². The van der Waals surface area contributed by atoms with Crippen LogP contribution in [0.3, 0.4) is 0 Å². The molecule has 0 fully saturated rings. The van der Waals surface area contributed by atoms with Gasteiger partial charge in [0.05, 0.1) is 6.61 Å². The largest absolute Gasteiger partial charge is 0.453 e. The molecule has 0 spiro atoms. The summed E-state index contributed by atoms with van der Waals surface area (Å²) < 4.78 is 31.6. The molecule has 0 aliphatic carbocycles. The number of fused-ring (bicyclic) bond motifs is 2. The number of carbonyl (C=O) groups excluding carboxylic acids is 2. The second kappa shape index (κ2) is 9.66. The number of allylic oxidation sites excluding steroid dienone is 1. The van der Waals surface area contributed by atoms with Gasteiger partial charge in [0, 0.05) is 33.7 Å². The van der Waals surface area contributed by atoms with Gasteiger partial charge in [-0.1, -0.05) is 42.5 Å². The number of esters is 1. The van der Waals surface area contributed by atoms with Crippen LogP contribution in [0, 0.1) is 5.82 Å². The van der Waals surface area contributed by atoms with E-state index in [0.29, 0.717) is 26.8 Å². The van der Waals surface area contributed by atoms with Crippen LogP contribution in [0.1, 0.15) is 31.4 Å². The van der Waals surface area contributed by atoms with Gasteiger partial charge < -0.3 is 13.9 Å². The summed E-state index contributed by atoms with van der Waals surface area (Å²) in [5.41, 5.74) is 1.61. The van der Waals surface area contributed by atoms with Crippen LogP contribution in [0.25, 0.3) is 27.1 Å². The molecule has 7 heteroatoms. The maximum absolute atomic E-state index is 14.5. The zero-order valence-electron chi connectivity index (χ0n) is 18.6. The standard InChI is InChI=1S/C28H19FO5S/c1-32-16-19-26-20(29)9-6-12-25(26)35-27(19)28(31)34-22-10-4-2-7-17(22)13-14-21(30)24-15-18-8-3-5-11-23(18)33-24/h2-15H,16H2,1H3. The van der Waals surface area contributed by atoms with Crippen molar-refractivity contribution in [3.05, 3.63) is 106 Å². The highest BCUT2D eigenvalue weighted by Gasteiger charge is 2.23. The Morgan fingerprint density at radius 3 is 2.66 bits per heavy atom. The third-order valence-corrected chi connectivity index (χ3v) is 6.62. The van der Waals surface area contributed by atoms with Gasteiger partial charge in [-0.3, -0.25) is 4.79 Å². The number of hydrogen-bond acceptors (Lipinski definition) is 6. The number of carbonyl (C=O) groups is 2. The van der Waals surface area contributed by atoms with Gasteiger partial charge in [-0.2, -0.15) is 0 Å². The van der Waals surface area contributed by atoms with Crippen LogP contribution < -0.4 is 4.74 Å². The second-order valence-electron chi connectivity index (χ2n) is 7.73. The monoisotopic (exact) mass is 486 g/mol. The average molecular weight is 487 g/mol. The van der Waals surface area contributed by atoms with Gasteiger partial charge in [0.25, 0.3) is 0 Å². The van der Waals surface area contributed by atoms with E-state index in [0.717, 1.165) is 16.7 Å². The van der Waals surface area contributed by atoms with Gasteiger partial charge in [0.1, 0.15) is 22.0 Å². The summed E-state index contributed by atoms with van der Waals surface area (Å²) in [5, 5.41) is 1.20. The molecule has 3 aromatic carbocycles. The number of para-hydroxylation sites is 2. The van der Waals surface area contributed by atoms with Gasteiger partial charge in [-0.15, -0.1) is 11.3 Å². The molecular weight excluding hydrogens is 467 g/mol. The highest BCUT2D eigenvalue weighted by atomic mass is 32.1. The molecule has 0 amide bonds. The van der Waals surface area contributed by atoms with Crippen molar-refractivity contribution in [2.75, 3.05) is 7.11 Å². The Morgan fingerprint density at radius 2 is 1.83 bits per heavy atom. The lowest BCUT2D eigenvalue weighted by Gasteiger charge is -2.08. The molecular formula is C28H19FO5S. The Hall–Kier alpha value is -4.07. The van der Waals surface area contributed by atoms with Crippen LogP contribution in [0.2, 0.25) is 0 Å². The molecule has 174 valence electrons. The van der Waals surface area contributed by atoms with E-state index in [4.69, 9.17) is 13.9 Å². The number of benzene rings is 3. The lowest BCUT2D eigenvalue weighted by atomic mass is 10.1. The quantitative estimate of drug-likeness (QED) is 0.107. The van der Waals surface area contributed by atoms with Crippen molar-refractivity contribution in [2.45, 2.75) is 6.61 Å². The van der Waals surface area contributed by atoms with Gasteiger partial charge >= 0.3 is 5.97 Å². The van der Waals surface area contributed by atoms with Crippen molar-refractivity contribution in [1.29, 1.82) is 0 Å². The van der Waals surface area contributed by atoms with E-state index in [2.05, 4.69) is 0 Å². The Morgan fingerprint density at radius 1 is 1.03 bits per heavy atom. The highest BCUT2D eigenvalue weighted by molar-refractivity contribution is 7.21. The summed E-state index contributed by atoms with van der Waals surface area (Å²) in [6.45, 7) is 0.0684. The first-order chi connectivity index (χ1) is 17.0. The van der Waals surface area contributed by atoms with E-state index in [1.54, 1.807) is 54.6 Å². The fraction of sp³-hybridized carbons (Fsp3) is 0.0714. The maximum Gasteiger partial charge on any atom is 0.354 e. The van der Waals surface area contributed by atoms with Crippen molar-refractivity contribution < 1.29 is 27.9 Å². The molecule has 5 nitrogen and oxygen atoms in total. The number of thiophene rings is 1. The van der Waals surface area contributed by atoms with Gasteiger partial charge in [0.2, 0.25) is 5.78 Å². The Bertz CT molecular complexity index is 1560. The molecule has 2 aromatic heterocycles. The zero-order valence-corrected chi connectivity index (χ0v) is 19.4. The first kappa shape index (κ1) is 22.7. The van der Waals surface area contributed by atoms with Crippen molar-refractivity contribution >= 4 is 50.2 Å². The number of methoxy groups -OCH3 is 1. The Kier molecular flexibility index (Phi) is 6.27. The lowest BCUT2D eigenvalue weighted by molar-refractivity contribution is 0.0735. The minimum absolute atomic E-state index is 0.0684. The third kappa shape index (κ3) is 4.51. The lowest BCUT2D eigenvalue weighted by Crippen LogP contribution is -2.10. The molecule has 0 saturated heterocycles.